The largest absolute Gasteiger partial charge is 0.367 e. The molecule has 0 unspecified atom stereocenters. The van der Waals surface area contributed by atoms with E-state index in [2.05, 4.69) is 10.3 Å². The number of anilines is 1. The van der Waals surface area contributed by atoms with Crippen molar-refractivity contribution in [3.05, 3.63) is 63.3 Å². The first kappa shape index (κ1) is 18.2. The van der Waals surface area contributed by atoms with Crippen LogP contribution in [0.1, 0.15) is 17.2 Å². The number of rotatable bonds is 6. The molecule has 2 aromatic rings. The number of nitriles is 1. The zero-order chi connectivity index (χ0) is 18.6. The molecule has 0 spiro atoms. The van der Waals surface area contributed by atoms with Gasteiger partial charge in [-0.05, 0) is 26.2 Å². The van der Waals surface area contributed by atoms with E-state index in [1.165, 1.54) is 18.2 Å². The average molecular weight is 347 g/mol. The molecule has 1 heterocycles. The Labute approximate surface area is 142 Å². The highest BCUT2D eigenvalue weighted by Gasteiger charge is 2.23. The molecule has 130 valence electrons. The van der Waals surface area contributed by atoms with E-state index < -0.39 is 22.6 Å². The predicted octanol–water partition coefficient (Wildman–Crippen LogP) is 2.85. The second-order valence-corrected chi connectivity index (χ2v) is 5.45. The lowest BCUT2D eigenvalue weighted by atomic mass is 10.0. The third-order valence-corrected chi connectivity index (χ3v) is 3.62. The van der Waals surface area contributed by atoms with Crippen LogP contribution >= 0.6 is 0 Å². The number of nitro groups is 1. The quantitative estimate of drug-likeness (QED) is 0.638. The lowest BCUT2D eigenvalue weighted by molar-refractivity contribution is -0.385. The summed E-state index contributed by atoms with van der Waals surface area (Å²) in [5.74, 6) is -1.26. The van der Waals surface area contributed by atoms with E-state index in [0.29, 0.717) is 0 Å². The van der Waals surface area contributed by atoms with Gasteiger partial charge in [0.2, 0.25) is 0 Å². The number of nitrogens with zero attached hydrogens (tertiary/aromatic N) is 4. The summed E-state index contributed by atoms with van der Waals surface area (Å²) in [6, 6.07) is 5.84. The highest BCUT2D eigenvalue weighted by Crippen LogP contribution is 2.26. The van der Waals surface area contributed by atoms with Crippen LogP contribution in [0, 0.1) is 33.1 Å². The van der Waals surface area contributed by atoms with Gasteiger partial charge in [-0.15, -0.1) is 0 Å². The molecule has 0 bridgehead atoms. The number of hydrogen-bond donors (Lipinski definition) is 1. The average Bonchev–Trinajstić information content (AvgIpc) is 2.56. The second-order valence-electron chi connectivity index (χ2n) is 5.45. The van der Waals surface area contributed by atoms with Crippen LogP contribution in [0.3, 0.4) is 0 Å². The number of pyridine rings is 1. The molecule has 0 aliphatic carbocycles. The molecule has 9 heteroatoms. The Morgan fingerprint density at radius 3 is 2.56 bits per heavy atom. The van der Waals surface area contributed by atoms with Gasteiger partial charge in [0.15, 0.2) is 0 Å². The molecule has 25 heavy (non-hydrogen) atoms. The van der Waals surface area contributed by atoms with E-state index in [1.54, 1.807) is 19.0 Å². The van der Waals surface area contributed by atoms with Gasteiger partial charge in [-0.25, -0.2) is 13.8 Å². The molecule has 0 aliphatic heterocycles. The van der Waals surface area contributed by atoms with Gasteiger partial charge < -0.3 is 10.2 Å². The fraction of sp³-hybridized carbons (Fsp3) is 0.250. The molecule has 0 saturated heterocycles. The van der Waals surface area contributed by atoms with E-state index in [1.807, 2.05) is 6.07 Å². The van der Waals surface area contributed by atoms with Crippen LogP contribution in [0.5, 0.6) is 0 Å². The normalized spacial score (nSPS) is 11.8. The van der Waals surface area contributed by atoms with Gasteiger partial charge in [0.25, 0.3) is 5.69 Å². The van der Waals surface area contributed by atoms with Crippen LogP contribution in [0.15, 0.2) is 30.5 Å². The van der Waals surface area contributed by atoms with Gasteiger partial charge in [-0.1, -0.05) is 6.07 Å². The first-order valence-corrected chi connectivity index (χ1v) is 7.24. The maximum atomic E-state index is 14.0. The monoisotopic (exact) mass is 347 g/mol. The maximum Gasteiger partial charge on any atom is 0.289 e. The van der Waals surface area contributed by atoms with E-state index in [4.69, 9.17) is 5.26 Å². The van der Waals surface area contributed by atoms with Gasteiger partial charge in [-0.2, -0.15) is 5.26 Å². The van der Waals surface area contributed by atoms with Gasteiger partial charge >= 0.3 is 0 Å². The molecule has 2 rings (SSSR count). The summed E-state index contributed by atoms with van der Waals surface area (Å²) in [5, 5.41) is 22.7. The maximum absolute atomic E-state index is 14.0. The number of hydrogen-bond acceptors (Lipinski definition) is 6. The lowest BCUT2D eigenvalue weighted by Crippen LogP contribution is -2.29. The van der Waals surface area contributed by atoms with Crippen LogP contribution < -0.4 is 5.32 Å². The Hall–Kier alpha value is -3.12. The van der Waals surface area contributed by atoms with E-state index in [9.17, 15) is 18.9 Å². The number of benzene rings is 1. The second kappa shape index (κ2) is 7.63. The Morgan fingerprint density at radius 2 is 2.04 bits per heavy atom. The molecule has 0 amide bonds. The molecule has 0 saturated carbocycles. The number of likely N-dealkylation sites (N-methyl/N-ethyl adjacent to an activating group) is 1. The van der Waals surface area contributed by atoms with Gasteiger partial charge in [0.05, 0.1) is 11.0 Å². The molecule has 1 aromatic heterocycles. The van der Waals surface area contributed by atoms with Crippen molar-refractivity contribution in [2.75, 3.05) is 26.0 Å². The minimum Gasteiger partial charge on any atom is -0.367 e. The fourth-order valence-electron chi connectivity index (χ4n) is 2.34. The smallest absolute Gasteiger partial charge is 0.289 e. The molecule has 1 atom stereocenters. The summed E-state index contributed by atoms with van der Waals surface area (Å²) in [6.45, 7) is 0.0460. The highest BCUT2D eigenvalue weighted by molar-refractivity contribution is 5.55. The van der Waals surface area contributed by atoms with Crippen molar-refractivity contribution in [3.8, 4) is 6.07 Å². The van der Waals surface area contributed by atoms with Crippen molar-refractivity contribution in [1.29, 1.82) is 5.26 Å². The van der Waals surface area contributed by atoms with Crippen LogP contribution in [0.2, 0.25) is 0 Å². The number of nitrogens with one attached hydrogen (secondary N) is 1. The van der Waals surface area contributed by atoms with Crippen molar-refractivity contribution in [1.82, 2.24) is 9.88 Å². The lowest BCUT2D eigenvalue weighted by Gasteiger charge is -2.26. The Balaban J connectivity index is 2.29. The van der Waals surface area contributed by atoms with Crippen molar-refractivity contribution >= 4 is 11.5 Å². The Morgan fingerprint density at radius 1 is 1.40 bits per heavy atom. The number of aromatic nitrogens is 1. The minimum absolute atomic E-state index is 0.0271. The van der Waals surface area contributed by atoms with Crippen LogP contribution in [-0.2, 0) is 0 Å². The van der Waals surface area contributed by atoms with Crippen molar-refractivity contribution < 1.29 is 13.7 Å². The summed E-state index contributed by atoms with van der Waals surface area (Å²) >= 11 is 0. The predicted molar refractivity (Wildman–Crippen MR) is 86.9 cm³/mol. The summed E-state index contributed by atoms with van der Waals surface area (Å²) in [6.07, 6.45) is 1.01. The van der Waals surface area contributed by atoms with Crippen LogP contribution in [-0.4, -0.2) is 35.4 Å². The van der Waals surface area contributed by atoms with Crippen molar-refractivity contribution in [2.45, 2.75) is 6.04 Å². The molecule has 1 aromatic carbocycles. The van der Waals surface area contributed by atoms with Gasteiger partial charge in [0, 0.05) is 18.2 Å². The molecule has 0 aliphatic rings. The molecular formula is C16H15F2N5O2. The third kappa shape index (κ3) is 4.05. The first-order valence-electron chi connectivity index (χ1n) is 7.24. The summed E-state index contributed by atoms with van der Waals surface area (Å²) in [4.78, 5) is 15.6. The fourth-order valence-corrected chi connectivity index (χ4v) is 2.34. The first-order chi connectivity index (χ1) is 11.8. The Kier molecular flexibility index (Phi) is 5.56. The van der Waals surface area contributed by atoms with E-state index in [-0.39, 0.29) is 29.2 Å². The zero-order valence-electron chi connectivity index (χ0n) is 13.5. The Bertz CT molecular complexity index is 816. The summed E-state index contributed by atoms with van der Waals surface area (Å²) < 4.78 is 28.1. The SMILES string of the molecule is CN(C)[C@@H](CNc1ncc([N+](=O)[O-])cc1C#N)c1c(F)cccc1F. The molecule has 1 N–H and O–H groups in total. The number of halogens is 2. The van der Waals surface area contributed by atoms with Crippen molar-refractivity contribution in [2.24, 2.45) is 0 Å². The van der Waals surface area contributed by atoms with Crippen LogP contribution in [0.4, 0.5) is 20.3 Å². The summed E-state index contributed by atoms with van der Waals surface area (Å²) in [5.41, 5.74) is -0.451. The molecular weight excluding hydrogens is 332 g/mol. The summed E-state index contributed by atoms with van der Waals surface area (Å²) in [7, 11) is 3.32. The van der Waals surface area contributed by atoms with Gasteiger partial charge in [-0.3, -0.25) is 10.1 Å². The van der Waals surface area contributed by atoms with Crippen LogP contribution in [0.25, 0.3) is 0 Å². The van der Waals surface area contributed by atoms with Gasteiger partial charge in [0.1, 0.15) is 35.3 Å². The molecule has 0 fully saturated rings. The zero-order valence-corrected chi connectivity index (χ0v) is 13.5. The topological polar surface area (TPSA) is 95.1 Å². The highest BCUT2D eigenvalue weighted by atomic mass is 19.1. The molecule has 7 nitrogen and oxygen atoms in total. The van der Waals surface area contributed by atoms with E-state index in [0.717, 1.165) is 12.3 Å². The minimum atomic E-state index is -0.683. The third-order valence-electron chi connectivity index (χ3n) is 3.62. The molecule has 0 radical (unpaired) electrons. The standard InChI is InChI=1S/C16H15F2N5O2/c1-22(2)14(15-12(17)4-3-5-13(15)18)9-21-16-10(7-19)6-11(8-20-16)23(24)25/h3-6,8,14H,9H2,1-2H3,(H,20,21)/t14-/m0/s1. The van der Waals surface area contributed by atoms with E-state index >= 15 is 0 Å². The van der Waals surface area contributed by atoms with Crippen molar-refractivity contribution in [3.63, 3.8) is 0 Å².